The fraction of sp³-hybridized carbons (Fsp3) is 0.500. The van der Waals surface area contributed by atoms with Crippen LogP contribution >= 0.6 is 23.1 Å². The Hall–Kier alpha value is -1.65. The maximum absolute atomic E-state index is 12.4. The van der Waals surface area contributed by atoms with Crippen molar-refractivity contribution >= 4 is 49.7 Å². The Kier molecular flexibility index (Phi) is 6.61. The molecule has 7 nitrogen and oxygen atoms in total. The van der Waals surface area contributed by atoms with Crippen molar-refractivity contribution in [2.24, 2.45) is 0 Å². The van der Waals surface area contributed by atoms with Gasteiger partial charge >= 0.3 is 0 Å². The molecule has 28 heavy (non-hydrogen) atoms. The molecule has 0 radical (unpaired) electrons. The van der Waals surface area contributed by atoms with E-state index in [1.807, 2.05) is 19.1 Å². The van der Waals surface area contributed by atoms with E-state index in [0.717, 1.165) is 17.7 Å². The summed E-state index contributed by atoms with van der Waals surface area (Å²) < 4.78 is 23.7. The number of sulfone groups is 1. The lowest BCUT2D eigenvalue weighted by Gasteiger charge is -2.14. The zero-order chi connectivity index (χ0) is 20.3. The largest absolute Gasteiger partial charge is 0.351 e. The van der Waals surface area contributed by atoms with E-state index in [1.165, 1.54) is 28.7 Å². The van der Waals surface area contributed by atoms with Crippen molar-refractivity contribution in [2.45, 2.75) is 49.2 Å². The van der Waals surface area contributed by atoms with Crippen LogP contribution in [0.1, 0.15) is 31.4 Å². The maximum atomic E-state index is 12.4. The van der Waals surface area contributed by atoms with Crippen molar-refractivity contribution in [1.82, 2.24) is 15.5 Å². The van der Waals surface area contributed by atoms with Gasteiger partial charge in [0, 0.05) is 11.7 Å². The fourth-order valence-electron chi connectivity index (χ4n) is 3.05. The van der Waals surface area contributed by atoms with E-state index in [4.69, 9.17) is 0 Å². The Morgan fingerprint density at radius 3 is 2.86 bits per heavy atom. The summed E-state index contributed by atoms with van der Waals surface area (Å²) >= 11 is 2.72. The van der Waals surface area contributed by atoms with Crippen molar-refractivity contribution in [2.75, 3.05) is 16.8 Å². The lowest BCUT2D eigenvalue weighted by molar-refractivity contribution is -0.120. The van der Waals surface area contributed by atoms with Crippen LogP contribution in [-0.4, -0.2) is 47.3 Å². The number of benzene rings is 1. The van der Waals surface area contributed by atoms with Gasteiger partial charge in [-0.1, -0.05) is 48.2 Å². The summed E-state index contributed by atoms with van der Waals surface area (Å²) in [7, 11) is -3.01. The predicted octanol–water partition coefficient (Wildman–Crippen LogP) is 2.94. The number of rotatable bonds is 7. The lowest BCUT2D eigenvalue weighted by atomic mass is 10.1. The molecule has 1 aliphatic heterocycles. The molecule has 1 aromatic heterocycles. The second-order valence-electron chi connectivity index (χ2n) is 6.83. The minimum Gasteiger partial charge on any atom is -0.351 e. The van der Waals surface area contributed by atoms with Gasteiger partial charge < -0.3 is 10.6 Å². The van der Waals surface area contributed by atoms with E-state index in [1.54, 1.807) is 6.92 Å². The Balaban J connectivity index is 1.59. The van der Waals surface area contributed by atoms with Crippen molar-refractivity contribution < 1.29 is 13.2 Å². The lowest BCUT2D eigenvalue weighted by Crippen LogP contribution is -2.39. The summed E-state index contributed by atoms with van der Waals surface area (Å²) in [4.78, 5) is 12.4. The van der Waals surface area contributed by atoms with E-state index >= 15 is 0 Å². The van der Waals surface area contributed by atoms with Gasteiger partial charge in [0.1, 0.15) is 0 Å². The molecule has 1 fully saturated rings. The molecule has 2 atom stereocenters. The van der Waals surface area contributed by atoms with Crippen LogP contribution in [0.25, 0.3) is 0 Å². The molecule has 2 heterocycles. The normalized spacial score (nSPS) is 19.3. The van der Waals surface area contributed by atoms with Gasteiger partial charge in [-0.3, -0.25) is 4.79 Å². The molecule has 2 unspecified atom stereocenters. The van der Waals surface area contributed by atoms with Gasteiger partial charge in [0.25, 0.3) is 0 Å². The predicted molar refractivity (Wildman–Crippen MR) is 114 cm³/mol. The van der Waals surface area contributed by atoms with Crippen molar-refractivity contribution in [3.8, 4) is 0 Å². The van der Waals surface area contributed by atoms with Crippen LogP contribution < -0.4 is 10.6 Å². The van der Waals surface area contributed by atoms with Crippen LogP contribution in [0.2, 0.25) is 0 Å². The number of aryl methyl sites for hydroxylation is 2. The fourth-order valence-corrected chi connectivity index (χ4v) is 6.63. The third-order valence-electron chi connectivity index (χ3n) is 4.60. The first-order chi connectivity index (χ1) is 13.3. The quantitative estimate of drug-likeness (QED) is 0.638. The summed E-state index contributed by atoms with van der Waals surface area (Å²) in [5.74, 6) is -0.00748. The number of carbonyl (C=O) groups is 1. The van der Waals surface area contributed by atoms with Crippen LogP contribution in [0.5, 0.6) is 0 Å². The highest BCUT2D eigenvalue weighted by molar-refractivity contribution is 8.02. The van der Waals surface area contributed by atoms with Gasteiger partial charge in [-0.2, -0.15) is 0 Å². The van der Waals surface area contributed by atoms with Crippen LogP contribution in [-0.2, 0) is 21.1 Å². The summed E-state index contributed by atoms with van der Waals surface area (Å²) in [5, 5.41) is 14.8. The van der Waals surface area contributed by atoms with Crippen molar-refractivity contribution in [3.05, 3.63) is 29.3 Å². The molecule has 2 N–H and O–H groups in total. The molecule has 1 aromatic carbocycles. The summed E-state index contributed by atoms with van der Waals surface area (Å²) in [6.07, 6.45) is 1.40. The van der Waals surface area contributed by atoms with E-state index in [-0.39, 0.29) is 28.7 Å². The molecule has 0 saturated carbocycles. The van der Waals surface area contributed by atoms with Crippen LogP contribution in [0.15, 0.2) is 22.5 Å². The Morgan fingerprint density at radius 2 is 2.18 bits per heavy atom. The Labute approximate surface area is 173 Å². The molecule has 0 aliphatic carbocycles. The molecule has 1 amide bonds. The van der Waals surface area contributed by atoms with Crippen LogP contribution in [0, 0.1) is 6.92 Å². The molecular weight excluding hydrogens is 416 g/mol. The number of thioether (sulfide) groups is 1. The number of para-hydroxylation sites is 1. The highest BCUT2D eigenvalue weighted by Gasteiger charge is 2.30. The number of hydrogen-bond donors (Lipinski definition) is 2. The second-order valence-corrected chi connectivity index (χ2v) is 11.6. The number of nitrogens with one attached hydrogen (secondary N) is 2. The number of nitrogens with zero attached hydrogens (tertiary/aromatic N) is 2. The monoisotopic (exact) mass is 440 g/mol. The van der Waals surface area contributed by atoms with Crippen molar-refractivity contribution in [3.63, 3.8) is 0 Å². The van der Waals surface area contributed by atoms with Crippen LogP contribution in [0.4, 0.5) is 10.8 Å². The highest BCUT2D eigenvalue weighted by atomic mass is 32.2. The molecule has 1 aliphatic rings. The van der Waals surface area contributed by atoms with Gasteiger partial charge in [0.05, 0.1) is 16.8 Å². The molecule has 152 valence electrons. The molecular formula is C18H24N4O3S3. The van der Waals surface area contributed by atoms with Gasteiger partial charge in [0.2, 0.25) is 11.0 Å². The smallest absolute Gasteiger partial charge is 0.233 e. The standard InChI is InChI=1S/C18H24N4O3S3/c1-4-13-7-5-6-11(2)15(13)20-17-21-22-18(27-17)26-12(3)16(23)19-14-8-9-28(24,25)10-14/h5-7,12,14H,4,8-10H2,1-3H3,(H,19,23)(H,20,21). The molecule has 3 rings (SSSR count). The first kappa shape index (κ1) is 21.1. The zero-order valence-corrected chi connectivity index (χ0v) is 18.5. The van der Waals surface area contributed by atoms with E-state index in [0.29, 0.717) is 15.9 Å². The van der Waals surface area contributed by atoms with Crippen molar-refractivity contribution in [1.29, 1.82) is 0 Å². The molecule has 2 aromatic rings. The first-order valence-corrected chi connectivity index (χ1v) is 12.7. The van der Waals surface area contributed by atoms with Gasteiger partial charge in [-0.25, -0.2) is 8.42 Å². The number of aromatic nitrogens is 2. The highest BCUT2D eigenvalue weighted by Crippen LogP contribution is 2.32. The van der Waals surface area contributed by atoms with Gasteiger partial charge in [-0.15, -0.1) is 10.2 Å². The molecule has 0 spiro atoms. The third kappa shape index (κ3) is 5.24. The molecule has 0 bridgehead atoms. The SMILES string of the molecule is CCc1cccc(C)c1Nc1nnc(SC(C)C(=O)NC2CCS(=O)(=O)C2)s1. The number of amides is 1. The average Bonchev–Trinajstić information content (AvgIpc) is 3.22. The third-order valence-corrected chi connectivity index (χ3v) is 8.39. The van der Waals surface area contributed by atoms with Crippen LogP contribution in [0.3, 0.4) is 0 Å². The summed E-state index contributed by atoms with van der Waals surface area (Å²) in [5.41, 5.74) is 3.40. The summed E-state index contributed by atoms with van der Waals surface area (Å²) in [6, 6.07) is 5.88. The van der Waals surface area contributed by atoms with E-state index < -0.39 is 9.84 Å². The van der Waals surface area contributed by atoms with E-state index in [2.05, 4.69) is 33.8 Å². The topological polar surface area (TPSA) is 101 Å². The second kappa shape index (κ2) is 8.79. The number of carbonyl (C=O) groups excluding carboxylic acids is 1. The average molecular weight is 441 g/mol. The molecule has 1 saturated heterocycles. The Morgan fingerprint density at radius 1 is 1.39 bits per heavy atom. The minimum absolute atomic E-state index is 0.0270. The number of anilines is 2. The first-order valence-electron chi connectivity index (χ1n) is 9.14. The molecule has 10 heteroatoms. The number of hydrogen-bond acceptors (Lipinski definition) is 8. The Bertz CT molecular complexity index is 959. The van der Waals surface area contributed by atoms with Gasteiger partial charge in [0.15, 0.2) is 14.2 Å². The zero-order valence-electron chi connectivity index (χ0n) is 16.1. The summed E-state index contributed by atoms with van der Waals surface area (Å²) in [6.45, 7) is 5.94. The van der Waals surface area contributed by atoms with Gasteiger partial charge in [-0.05, 0) is 37.8 Å². The van der Waals surface area contributed by atoms with E-state index in [9.17, 15) is 13.2 Å². The maximum Gasteiger partial charge on any atom is 0.233 e. The minimum atomic E-state index is -3.01.